The fraction of sp³-hybridized carbons (Fsp3) is 0.538. The van der Waals surface area contributed by atoms with Crippen molar-refractivity contribution in [3.05, 3.63) is 33.9 Å². The molecule has 100 valence electrons. The highest BCUT2D eigenvalue weighted by atomic mass is 16.6. The lowest BCUT2D eigenvalue weighted by Crippen LogP contribution is -2.04. The number of anilines is 1. The number of nitro benzene ring substituents is 1. The molecule has 18 heavy (non-hydrogen) atoms. The molecule has 0 amide bonds. The van der Waals surface area contributed by atoms with Gasteiger partial charge in [-0.1, -0.05) is 6.07 Å². The third-order valence-corrected chi connectivity index (χ3v) is 2.77. The molecule has 0 aliphatic rings. The van der Waals surface area contributed by atoms with Crippen LogP contribution in [0.4, 0.5) is 11.4 Å². The van der Waals surface area contributed by atoms with Crippen molar-refractivity contribution < 1.29 is 9.66 Å². The van der Waals surface area contributed by atoms with E-state index < -0.39 is 0 Å². The Labute approximate surface area is 107 Å². The monoisotopic (exact) mass is 252 g/mol. The smallest absolute Gasteiger partial charge is 0.271 e. The predicted octanol–water partition coefficient (Wildman–Crippen LogP) is 3.13. The Hall–Kier alpha value is -1.62. The van der Waals surface area contributed by atoms with Gasteiger partial charge in [-0.25, -0.2) is 0 Å². The lowest BCUT2D eigenvalue weighted by molar-refractivity contribution is -0.384. The van der Waals surface area contributed by atoms with Crippen LogP contribution in [0.5, 0.6) is 0 Å². The molecule has 0 atom stereocenters. The summed E-state index contributed by atoms with van der Waals surface area (Å²) < 4.78 is 4.97. The van der Waals surface area contributed by atoms with Crippen LogP contribution < -0.4 is 5.32 Å². The lowest BCUT2D eigenvalue weighted by atomic mass is 10.1. The average Bonchev–Trinajstić information content (AvgIpc) is 2.35. The van der Waals surface area contributed by atoms with E-state index in [0.29, 0.717) is 0 Å². The molecule has 0 aliphatic heterocycles. The first kappa shape index (κ1) is 14.4. The van der Waals surface area contributed by atoms with Crippen LogP contribution in [-0.4, -0.2) is 25.2 Å². The van der Waals surface area contributed by atoms with Crippen molar-refractivity contribution in [2.45, 2.75) is 26.2 Å². The summed E-state index contributed by atoms with van der Waals surface area (Å²) in [5.74, 6) is 0. The molecule has 0 unspecified atom stereocenters. The van der Waals surface area contributed by atoms with Crippen LogP contribution in [0.2, 0.25) is 0 Å². The van der Waals surface area contributed by atoms with Crippen LogP contribution in [0.1, 0.15) is 24.8 Å². The first-order valence-corrected chi connectivity index (χ1v) is 6.13. The number of nitro groups is 1. The van der Waals surface area contributed by atoms with Gasteiger partial charge in [0, 0.05) is 38.1 Å². The normalized spacial score (nSPS) is 10.3. The first-order chi connectivity index (χ1) is 8.65. The number of ether oxygens (including phenoxy) is 1. The van der Waals surface area contributed by atoms with Crippen molar-refractivity contribution in [3.8, 4) is 0 Å². The van der Waals surface area contributed by atoms with Crippen molar-refractivity contribution in [2.24, 2.45) is 0 Å². The number of nitrogens with zero attached hydrogens (tertiary/aromatic N) is 1. The molecule has 1 aromatic carbocycles. The zero-order valence-corrected chi connectivity index (χ0v) is 10.9. The van der Waals surface area contributed by atoms with E-state index in [1.807, 2.05) is 6.92 Å². The van der Waals surface area contributed by atoms with E-state index >= 15 is 0 Å². The zero-order valence-electron chi connectivity index (χ0n) is 10.9. The van der Waals surface area contributed by atoms with Gasteiger partial charge in [-0.2, -0.15) is 0 Å². The van der Waals surface area contributed by atoms with Crippen LogP contribution >= 0.6 is 0 Å². The third-order valence-electron chi connectivity index (χ3n) is 2.77. The molecule has 1 aromatic rings. The molecule has 5 heteroatoms. The summed E-state index contributed by atoms with van der Waals surface area (Å²) in [6, 6.07) is 4.88. The number of methoxy groups -OCH3 is 1. The molecule has 0 spiro atoms. The highest BCUT2D eigenvalue weighted by Gasteiger charge is 2.07. The Morgan fingerprint density at radius 2 is 2.11 bits per heavy atom. The van der Waals surface area contributed by atoms with Gasteiger partial charge in [-0.3, -0.25) is 10.1 Å². The summed E-state index contributed by atoms with van der Waals surface area (Å²) in [7, 11) is 1.70. The number of aryl methyl sites for hydroxylation is 1. The van der Waals surface area contributed by atoms with E-state index in [-0.39, 0.29) is 10.6 Å². The highest BCUT2D eigenvalue weighted by molar-refractivity contribution is 5.56. The molecule has 0 bridgehead atoms. The molecule has 0 radical (unpaired) electrons. The summed E-state index contributed by atoms with van der Waals surface area (Å²) in [6.07, 6.45) is 3.17. The van der Waals surface area contributed by atoms with Crippen molar-refractivity contribution in [2.75, 3.05) is 25.6 Å². The first-order valence-electron chi connectivity index (χ1n) is 6.13. The van der Waals surface area contributed by atoms with Gasteiger partial charge < -0.3 is 10.1 Å². The Kier molecular flexibility index (Phi) is 6.14. The Morgan fingerprint density at radius 3 is 2.78 bits per heavy atom. The standard InChI is InChI=1S/C13H20N2O3/c1-11-6-7-12(15(16)17)10-13(11)14-8-4-3-5-9-18-2/h6-7,10,14H,3-5,8-9H2,1-2H3. The van der Waals surface area contributed by atoms with Gasteiger partial charge in [-0.15, -0.1) is 0 Å². The van der Waals surface area contributed by atoms with E-state index in [0.717, 1.165) is 43.7 Å². The Morgan fingerprint density at radius 1 is 1.33 bits per heavy atom. The van der Waals surface area contributed by atoms with Gasteiger partial charge in [0.15, 0.2) is 0 Å². The molecule has 5 nitrogen and oxygen atoms in total. The summed E-state index contributed by atoms with van der Waals surface area (Å²) in [4.78, 5) is 10.3. The Balaban J connectivity index is 2.41. The van der Waals surface area contributed by atoms with E-state index in [4.69, 9.17) is 4.74 Å². The molecule has 0 fully saturated rings. The van der Waals surface area contributed by atoms with E-state index in [2.05, 4.69) is 5.32 Å². The second-order valence-corrected chi connectivity index (χ2v) is 4.24. The van der Waals surface area contributed by atoms with Crippen LogP contribution in [0.15, 0.2) is 18.2 Å². The number of hydrogen-bond acceptors (Lipinski definition) is 4. The molecule has 0 heterocycles. The van der Waals surface area contributed by atoms with Gasteiger partial charge >= 0.3 is 0 Å². The molecule has 0 saturated carbocycles. The van der Waals surface area contributed by atoms with E-state index in [1.165, 1.54) is 6.07 Å². The minimum atomic E-state index is -0.372. The summed E-state index contributed by atoms with van der Waals surface area (Å²) >= 11 is 0. The minimum Gasteiger partial charge on any atom is -0.385 e. The maximum Gasteiger partial charge on any atom is 0.271 e. The molecule has 0 aromatic heterocycles. The van der Waals surface area contributed by atoms with E-state index in [9.17, 15) is 10.1 Å². The largest absolute Gasteiger partial charge is 0.385 e. The number of nitrogens with one attached hydrogen (secondary N) is 1. The molecular weight excluding hydrogens is 232 g/mol. The summed E-state index contributed by atoms with van der Waals surface area (Å²) in [5, 5.41) is 13.9. The molecule has 0 saturated heterocycles. The SMILES string of the molecule is COCCCCCNc1cc([N+](=O)[O-])ccc1C. The maximum absolute atomic E-state index is 10.7. The number of non-ortho nitro benzene ring substituents is 1. The fourth-order valence-corrected chi connectivity index (χ4v) is 1.69. The average molecular weight is 252 g/mol. The molecule has 1 rings (SSSR count). The quantitative estimate of drug-likeness (QED) is 0.438. The number of hydrogen-bond donors (Lipinski definition) is 1. The zero-order chi connectivity index (χ0) is 13.4. The summed E-state index contributed by atoms with van der Waals surface area (Å²) in [5.41, 5.74) is 2.00. The topological polar surface area (TPSA) is 64.4 Å². The molecule has 1 N–H and O–H groups in total. The van der Waals surface area contributed by atoms with Crippen LogP contribution in [0.25, 0.3) is 0 Å². The number of benzene rings is 1. The minimum absolute atomic E-state index is 0.127. The lowest BCUT2D eigenvalue weighted by Gasteiger charge is -2.09. The second kappa shape index (κ2) is 7.66. The van der Waals surface area contributed by atoms with Crippen LogP contribution in [0.3, 0.4) is 0 Å². The van der Waals surface area contributed by atoms with Crippen LogP contribution in [-0.2, 0) is 4.74 Å². The van der Waals surface area contributed by atoms with Gasteiger partial charge in [-0.05, 0) is 31.7 Å². The van der Waals surface area contributed by atoms with Crippen molar-refractivity contribution >= 4 is 11.4 Å². The molecular formula is C13H20N2O3. The Bertz CT molecular complexity index is 394. The predicted molar refractivity (Wildman–Crippen MR) is 72.1 cm³/mol. The van der Waals surface area contributed by atoms with Gasteiger partial charge in [0.25, 0.3) is 5.69 Å². The van der Waals surface area contributed by atoms with Gasteiger partial charge in [0.2, 0.25) is 0 Å². The van der Waals surface area contributed by atoms with Crippen LogP contribution in [0, 0.1) is 17.0 Å². The van der Waals surface area contributed by atoms with Crippen molar-refractivity contribution in [3.63, 3.8) is 0 Å². The second-order valence-electron chi connectivity index (χ2n) is 4.24. The van der Waals surface area contributed by atoms with Crippen molar-refractivity contribution in [1.29, 1.82) is 0 Å². The third kappa shape index (κ3) is 4.71. The maximum atomic E-state index is 10.7. The summed E-state index contributed by atoms with van der Waals surface area (Å²) in [6.45, 7) is 3.55. The van der Waals surface area contributed by atoms with Gasteiger partial charge in [0.1, 0.15) is 0 Å². The number of unbranched alkanes of at least 4 members (excludes halogenated alkanes) is 2. The fourth-order valence-electron chi connectivity index (χ4n) is 1.69. The van der Waals surface area contributed by atoms with E-state index in [1.54, 1.807) is 19.2 Å². The van der Waals surface area contributed by atoms with Gasteiger partial charge in [0.05, 0.1) is 4.92 Å². The van der Waals surface area contributed by atoms with Crippen molar-refractivity contribution in [1.82, 2.24) is 0 Å². The highest BCUT2D eigenvalue weighted by Crippen LogP contribution is 2.21. The number of rotatable bonds is 8. The molecule has 0 aliphatic carbocycles.